The second-order valence-electron chi connectivity index (χ2n) is 4.29. The molecule has 8 heteroatoms. The first-order chi connectivity index (χ1) is 10.4. The Morgan fingerprint density at radius 2 is 1.86 bits per heavy atom. The van der Waals surface area contributed by atoms with Crippen LogP contribution in [0, 0.1) is 5.92 Å². The number of nitrogens with zero attached hydrogens (tertiary/aromatic N) is 1. The van der Waals surface area contributed by atoms with E-state index in [1.807, 2.05) is 18.2 Å². The van der Waals surface area contributed by atoms with Gasteiger partial charge in [0.25, 0.3) is 0 Å². The Morgan fingerprint density at radius 1 is 1.27 bits per heavy atom. The number of halogens is 1. The highest BCUT2D eigenvalue weighted by atomic mass is 35.5. The lowest BCUT2D eigenvalue weighted by Gasteiger charge is -2.27. The molecule has 0 amide bonds. The van der Waals surface area contributed by atoms with E-state index >= 15 is 0 Å². The standard InChI is InChI=1S/C14H16ClNO4S2/c1-19-11(17)8-10(14(18)20-2)13(21)16(22)12(15)9-6-4-3-5-7-9/h3-7,10,12,22H,8H2,1-2H3. The van der Waals surface area contributed by atoms with E-state index in [-0.39, 0.29) is 11.4 Å². The zero-order chi connectivity index (χ0) is 16.7. The van der Waals surface area contributed by atoms with Crippen LogP contribution in [0.2, 0.25) is 0 Å². The molecule has 0 spiro atoms. The maximum Gasteiger partial charge on any atom is 0.316 e. The first-order valence-electron chi connectivity index (χ1n) is 6.28. The van der Waals surface area contributed by atoms with Gasteiger partial charge >= 0.3 is 11.9 Å². The van der Waals surface area contributed by atoms with E-state index < -0.39 is 23.4 Å². The van der Waals surface area contributed by atoms with Crippen LogP contribution >= 0.6 is 36.6 Å². The predicted molar refractivity (Wildman–Crippen MR) is 90.6 cm³/mol. The third-order valence-corrected chi connectivity index (χ3v) is 4.54. The highest BCUT2D eigenvalue weighted by Gasteiger charge is 2.32. The first kappa shape index (κ1) is 18.7. The van der Waals surface area contributed by atoms with Crippen molar-refractivity contribution in [3.8, 4) is 0 Å². The molecule has 2 unspecified atom stereocenters. The Bertz CT molecular complexity index is 541. The van der Waals surface area contributed by atoms with Crippen LogP contribution in [-0.2, 0) is 19.1 Å². The Kier molecular flexibility index (Phi) is 7.64. The van der Waals surface area contributed by atoms with Gasteiger partial charge in [0.2, 0.25) is 0 Å². The molecule has 0 saturated heterocycles. The number of thiocarbonyl (C=S) groups is 1. The SMILES string of the molecule is COC(=O)CC(C(=O)OC)C(=S)N(S)C(Cl)c1ccccc1. The Hall–Kier alpha value is -1.31. The van der Waals surface area contributed by atoms with Crippen molar-refractivity contribution in [3.63, 3.8) is 0 Å². The maximum absolute atomic E-state index is 11.8. The van der Waals surface area contributed by atoms with Crippen molar-refractivity contribution in [2.75, 3.05) is 14.2 Å². The number of hydrogen-bond acceptors (Lipinski definition) is 6. The molecule has 1 rings (SSSR count). The summed E-state index contributed by atoms with van der Waals surface area (Å²) in [5.41, 5.74) is 0.0602. The van der Waals surface area contributed by atoms with Gasteiger partial charge in [-0.25, -0.2) is 0 Å². The second-order valence-corrected chi connectivity index (χ2v) is 5.55. The van der Waals surface area contributed by atoms with Gasteiger partial charge in [0.15, 0.2) is 0 Å². The van der Waals surface area contributed by atoms with Gasteiger partial charge in [0, 0.05) is 0 Å². The Labute approximate surface area is 145 Å². The summed E-state index contributed by atoms with van der Waals surface area (Å²) in [6, 6.07) is 9.10. The summed E-state index contributed by atoms with van der Waals surface area (Å²) >= 11 is 15.8. The summed E-state index contributed by atoms with van der Waals surface area (Å²) < 4.78 is 10.5. The van der Waals surface area contributed by atoms with Crippen LogP contribution in [-0.4, -0.2) is 35.5 Å². The molecule has 0 fully saturated rings. The molecule has 0 radical (unpaired) electrons. The van der Waals surface area contributed by atoms with Gasteiger partial charge in [-0.3, -0.25) is 13.9 Å². The molecule has 1 aromatic carbocycles. The largest absolute Gasteiger partial charge is 0.469 e. The fraction of sp³-hybridized carbons (Fsp3) is 0.357. The van der Waals surface area contributed by atoms with Crippen LogP contribution in [0.4, 0.5) is 0 Å². The lowest BCUT2D eigenvalue weighted by Crippen LogP contribution is -2.35. The zero-order valence-electron chi connectivity index (χ0n) is 12.1. The quantitative estimate of drug-likeness (QED) is 0.276. The number of carbonyl (C=O) groups excluding carboxylic acids is 2. The minimum Gasteiger partial charge on any atom is -0.469 e. The molecular formula is C14H16ClNO4S2. The van der Waals surface area contributed by atoms with Crippen molar-refractivity contribution < 1.29 is 19.1 Å². The van der Waals surface area contributed by atoms with Crippen LogP contribution < -0.4 is 0 Å². The molecule has 5 nitrogen and oxygen atoms in total. The molecule has 0 N–H and O–H groups in total. The van der Waals surface area contributed by atoms with E-state index in [1.54, 1.807) is 12.1 Å². The average molecular weight is 362 g/mol. The number of alkyl halides is 1. The fourth-order valence-corrected chi connectivity index (χ4v) is 2.55. The molecule has 0 aromatic heterocycles. The molecule has 0 bridgehead atoms. The molecule has 2 atom stereocenters. The number of ether oxygens (including phenoxy) is 2. The third-order valence-electron chi connectivity index (χ3n) is 2.90. The predicted octanol–water partition coefficient (Wildman–Crippen LogP) is 2.75. The summed E-state index contributed by atoms with van der Waals surface area (Å²) in [4.78, 5) is 23.4. The number of benzene rings is 1. The van der Waals surface area contributed by atoms with Crippen molar-refractivity contribution >= 4 is 53.6 Å². The van der Waals surface area contributed by atoms with Crippen LogP contribution in [0.1, 0.15) is 17.5 Å². The lowest BCUT2D eigenvalue weighted by atomic mass is 10.1. The highest BCUT2D eigenvalue weighted by Crippen LogP contribution is 2.29. The van der Waals surface area contributed by atoms with E-state index in [2.05, 4.69) is 22.3 Å². The number of rotatable bonds is 6. The molecule has 0 aliphatic rings. The number of esters is 2. The lowest BCUT2D eigenvalue weighted by molar-refractivity contribution is -0.149. The number of carbonyl (C=O) groups is 2. The third kappa shape index (κ3) is 4.86. The van der Waals surface area contributed by atoms with Crippen molar-refractivity contribution in [1.82, 2.24) is 4.31 Å². The van der Waals surface area contributed by atoms with Crippen molar-refractivity contribution in [1.29, 1.82) is 0 Å². The molecule has 22 heavy (non-hydrogen) atoms. The first-order valence-corrected chi connectivity index (χ1v) is 7.52. The molecular weight excluding hydrogens is 346 g/mol. The van der Waals surface area contributed by atoms with Gasteiger partial charge in [-0.2, -0.15) is 0 Å². The summed E-state index contributed by atoms with van der Waals surface area (Å²) in [5.74, 6) is -2.22. The number of hydrogen-bond donors (Lipinski definition) is 1. The molecule has 120 valence electrons. The monoisotopic (exact) mass is 361 g/mol. The summed E-state index contributed by atoms with van der Waals surface area (Å²) in [6.07, 6.45) is -0.239. The Balaban J connectivity index is 2.92. The molecule has 0 aliphatic heterocycles. The van der Waals surface area contributed by atoms with Crippen molar-refractivity contribution in [2.24, 2.45) is 5.92 Å². The van der Waals surface area contributed by atoms with E-state index in [9.17, 15) is 9.59 Å². The topological polar surface area (TPSA) is 55.8 Å². The van der Waals surface area contributed by atoms with E-state index in [0.717, 1.165) is 5.56 Å². The zero-order valence-corrected chi connectivity index (χ0v) is 14.5. The van der Waals surface area contributed by atoms with Gasteiger partial charge in [0.1, 0.15) is 16.4 Å². The molecule has 0 saturated carbocycles. The van der Waals surface area contributed by atoms with Gasteiger partial charge in [-0.1, -0.05) is 67.0 Å². The highest BCUT2D eigenvalue weighted by molar-refractivity contribution is 7.84. The van der Waals surface area contributed by atoms with Crippen LogP contribution in [0.25, 0.3) is 0 Å². The van der Waals surface area contributed by atoms with Crippen LogP contribution in [0.15, 0.2) is 30.3 Å². The molecule has 0 heterocycles. The van der Waals surface area contributed by atoms with Gasteiger partial charge in [-0.15, -0.1) is 0 Å². The minimum atomic E-state index is -0.991. The number of methoxy groups -OCH3 is 2. The maximum atomic E-state index is 11.8. The van der Waals surface area contributed by atoms with E-state index in [0.29, 0.717) is 0 Å². The smallest absolute Gasteiger partial charge is 0.316 e. The van der Waals surface area contributed by atoms with Crippen LogP contribution in [0.3, 0.4) is 0 Å². The van der Waals surface area contributed by atoms with Gasteiger partial charge in [-0.05, 0) is 5.56 Å². The molecule has 0 aliphatic carbocycles. The Morgan fingerprint density at radius 3 is 2.36 bits per heavy atom. The van der Waals surface area contributed by atoms with Gasteiger partial charge < -0.3 is 9.47 Å². The van der Waals surface area contributed by atoms with Crippen molar-refractivity contribution in [2.45, 2.75) is 11.9 Å². The van der Waals surface area contributed by atoms with E-state index in [1.165, 1.54) is 18.5 Å². The van der Waals surface area contributed by atoms with E-state index in [4.69, 9.17) is 23.8 Å². The van der Waals surface area contributed by atoms with Gasteiger partial charge in [0.05, 0.1) is 20.6 Å². The molecule has 1 aromatic rings. The fourth-order valence-electron chi connectivity index (χ4n) is 1.69. The summed E-state index contributed by atoms with van der Waals surface area (Å²) in [5, 5.41) is 0. The summed E-state index contributed by atoms with van der Waals surface area (Å²) in [7, 11) is 2.44. The number of thiol groups is 1. The average Bonchev–Trinajstić information content (AvgIpc) is 2.57. The second kappa shape index (κ2) is 8.97. The summed E-state index contributed by atoms with van der Waals surface area (Å²) in [6.45, 7) is 0. The normalized spacial score (nSPS) is 12.9. The van der Waals surface area contributed by atoms with Crippen molar-refractivity contribution in [3.05, 3.63) is 35.9 Å². The minimum absolute atomic E-state index is 0.0874. The van der Waals surface area contributed by atoms with Crippen LogP contribution in [0.5, 0.6) is 0 Å².